The summed E-state index contributed by atoms with van der Waals surface area (Å²) in [6.45, 7) is 0. The topological polar surface area (TPSA) is 121 Å². The van der Waals surface area contributed by atoms with Gasteiger partial charge in [-0.25, -0.2) is 4.79 Å². The maximum Gasteiger partial charge on any atom is 0.365 e. The van der Waals surface area contributed by atoms with Gasteiger partial charge < -0.3 is 15.5 Å². The predicted molar refractivity (Wildman–Crippen MR) is 75.3 cm³/mol. The number of benzene rings is 1. The molecule has 0 radical (unpaired) electrons. The minimum Gasteiger partial charge on any atom is -0.477 e. The van der Waals surface area contributed by atoms with E-state index in [0.29, 0.717) is 5.69 Å². The van der Waals surface area contributed by atoms with Gasteiger partial charge in [-0.1, -0.05) is 24.3 Å². The first-order valence-electron chi connectivity index (χ1n) is 6.17. The number of para-hydroxylation sites is 1. The first kappa shape index (κ1) is 15.3. The third kappa shape index (κ3) is 2.70. The summed E-state index contributed by atoms with van der Waals surface area (Å²) in [6.07, 6.45) is 5.60. The Balaban J connectivity index is 0.000000188. The SMILES string of the molecule is O=C(O)C1(O)Nc2ccccc2C1=O.O=C1C=CC=CC1=O. The summed E-state index contributed by atoms with van der Waals surface area (Å²) in [6, 6.07) is 6.25. The van der Waals surface area contributed by atoms with Gasteiger partial charge in [0.2, 0.25) is 17.3 Å². The summed E-state index contributed by atoms with van der Waals surface area (Å²) in [5.41, 5.74) is -1.98. The number of carbonyl (C=O) groups is 4. The third-order valence-corrected chi connectivity index (χ3v) is 2.97. The maximum absolute atomic E-state index is 11.5. The highest BCUT2D eigenvalue weighted by Gasteiger charge is 2.50. The van der Waals surface area contributed by atoms with Crippen LogP contribution in [0.1, 0.15) is 10.4 Å². The number of carboxylic acid groups (broad SMARTS) is 1. The van der Waals surface area contributed by atoms with Gasteiger partial charge >= 0.3 is 11.7 Å². The zero-order valence-corrected chi connectivity index (χ0v) is 11.1. The fourth-order valence-corrected chi connectivity index (χ4v) is 1.84. The Hall–Kier alpha value is -3.06. The summed E-state index contributed by atoms with van der Waals surface area (Å²) < 4.78 is 0. The summed E-state index contributed by atoms with van der Waals surface area (Å²) >= 11 is 0. The number of allylic oxidation sites excluding steroid dienone is 4. The van der Waals surface area contributed by atoms with Crippen molar-refractivity contribution in [3.63, 3.8) is 0 Å². The van der Waals surface area contributed by atoms with E-state index in [1.165, 1.54) is 24.3 Å². The highest BCUT2D eigenvalue weighted by atomic mass is 16.4. The number of aliphatic carboxylic acids is 1. The van der Waals surface area contributed by atoms with Crippen LogP contribution >= 0.6 is 0 Å². The van der Waals surface area contributed by atoms with E-state index >= 15 is 0 Å². The quantitative estimate of drug-likeness (QED) is 0.388. The molecule has 22 heavy (non-hydrogen) atoms. The molecule has 0 spiro atoms. The van der Waals surface area contributed by atoms with Crippen LogP contribution in [0.3, 0.4) is 0 Å². The second kappa shape index (κ2) is 5.74. The van der Waals surface area contributed by atoms with Crippen molar-refractivity contribution in [1.29, 1.82) is 0 Å². The number of fused-ring (bicyclic) bond motifs is 1. The zero-order valence-electron chi connectivity index (χ0n) is 11.1. The molecular formula is C15H11NO6. The van der Waals surface area contributed by atoms with E-state index in [0.717, 1.165) is 0 Å². The second-order valence-electron chi connectivity index (χ2n) is 4.46. The molecule has 1 aromatic rings. The van der Waals surface area contributed by atoms with Gasteiger partial charge in [0.1, 0.15) is 0 Å². The van der Waals surface area contributed by atoms with Crippen molar-refractivity contribution in [2.75, 3.05) is 5.32 Å². The first-order chi connectivity index (χ1) is 10.4. The molecular weight excluding hydrogens is 290 g/mol. The van der Waals surface area contributed by atoms with E-state index in [1.807, 2.05) is 0 Å². The molecule has 0 saturated carbocycles. The Morgan fingerprint density at radius 1 is 1.00 bits per heavy atom. The molecule has 1 unspecified atom stereocenters. The van der Waals surface area contributed by atoms with Gasteiger partial charge in [0.05, 0.1) is 0 Å². The third-order valence-electron chi connectivity index (χ3n) is 2.97. The average Bonchev–Trinajstić information content (AvgIpc) is 2.76. The standard InChI is InChI=1S/C9H7NO4.C6H4O2/c11-7-5-3-1-2-4-6(5)10-9(7,14)8(12)13;7-5-3-1-2-4-6(5)8/h1-4,10,14H,(H,12,13);1-4H. The van der Waals surface area contributed by atoms with Crippen LogP contribution in [0.5, 0.6) is 0 Å². The number of aliphatic hydroxyl groups is 1. The average molecular weight is 301 g/mol. The number of hydrogen-bond donors (Lipinski definition) is 3. The van der Waals surface area contributed by atoms with Crippen LogP contribution in [-0.4, -0.2) is 39.3 Å². The van der Waals surface area contributed by atoms with E-state index in [-0.39, 0.29) is 5.56 Å². The van der Waals surface area contributed by atoms with Gasteiger partial charge in [-0.3, -0.25) is 14.4 Å². The smallest absolute Gasteiger partial charge is 0.365 e. The molecule has 0 aromatic heterocycles. The molecule has 3 rings (SSSR count). The van der Waals surface area contributed by atoms with Crippen molar-refractivity contribution < 1.29 is 29.4 Å². The van der Waals surface area contributed by atoms with E-state index in [4.69, 9.17) is 5.11 Å². The Morgan fingerprint density at radius 2 is 1.55 bits per heavy atom. The summed E-state index contributed by atoms with van der Waals surface area (Å²) in [7, 11) is 0. The van der Waals surface area contributed by atoms with Crippen LogP contribution in [0.15, 0.2) is 48.6 Å². The van der Waals surface area contributed by atoms with Crippen LogP contribution in [0.2, 0.25) is 0 Å². The molecule has 0 amide bonds. The van der Waals surface area contributed by atoms with Gasteiger partial charge in [-0.15, -0.1) is 0 Å². The number of Topliss-reactive ketones (excluding diaryl/α,β-unsaturated/α-hetero) is 1. The van der Waals surface area contributed by atoms with Gasteiger partial charge in [0.25, 0.3) is 0 Å². The molecule has 3 N–H and O–H groups in total. The molecule has 2 aliphatic rings. The second-order valence-corrected chi connectivity index (χ2v) is 4.46. The van der Waals surface area contributed by atoms with Crippen molar-refractivity contribution in [2.45, 2.75) is 5.72 Å². The zero-order chi connectivity index (χ0) is 16.3. The Labute approximate surface area is 124 Å². The molecule has 7 heteroatoms. The molecule has 1 atom stereocenters. The first-order valence-corrected chi connectivity index (χ1v) is 6.17. The van der Waals surface area contributed by atoms with Gasteiger partial charge in [-0.05, 0) is 24.3 Å². The largest absolute Gasteiger partial charge is 0.477 e. The monoisotopic (exact) mass is 301 g/mol. The van der Waals surface area contributed by atoms with Crippen molar-refractivity contribution in [3.05, 3.63) is 54.1 Å². The van der Waals surface area contributed by atoms with E-state index < -0.39 is 29.0 Å². The molecule has 0 fully saturated rings. The molecule has 0 saturated heterocycles. The maximum atomic E-state index is 11.5. The molecule has 1 aliphatic carbocycles. The number of carbonyl (C=O) groups excluding carboxylic acids is 3. The highest BCUT2D eigenvalue weighted by Crippen LogP contribution is 2.30. The van der Waals surface area contributed by atoms with Crippen molar-refractivity contribution in [2.24, 2.45) is 0 Å². The normalized spacial score (nSPS) is 21.8. The lowest BCUT2D eigenvalue weighted by Crippen LogP contribution is -2.49. The predicted octanol–water partition coefficient (Wildman–Crippen LogP) is 0.319. The number of nitrogens with one attached hydrogen (secondary N) is 1. The van der Waals surface area contributed by atoms with Crippen LogP contribution in [0.4, 0.5) is 5.69 Å². The fourth-order valence-electron chi connectivity index (χ4n) is 1.84. The lowest BCUT2D eigenvalue weighted by atomic mass is 10.1. The number of ketones is 3. The van der Waals surface area contributed by atoms with Gasteiger partial charge in [0.15, 0.2) is 0 Å². The minimum atomic E-state index is -2.51. The molecule has 1 aliphatic heterocycles. The van der Waals surface area contributed by atoms with Gasteiger partial charge in [-0.2, -0.15) is 0 Å². The van der Waals surface area contributed by atoms with Crippen molar-refractivity contribution in [3.8, 4) is 0 Å². The lowest BCUT2D eigenvalue weighted by Gasteiger charge is -2.15. The Bertz CT molecular complexity index is 711. The molecule has 112 valence electrons. The summed E-state index contributed by atoms with van der Waals surface area (Å²) in [4.78, 5) is 42.7. The summed E-state index contributed by atoms with van der Waals surface area (Å²) in [5, 5.41) is 20.4. The molecule has 1 aromatic carbocycles. The molecule has 7 nitrogen and oxygen atoms in total. The van der Waals surface area contributed by atoms with Crippen LogP contribution in [0.25, 0.3) is 0 Å². The van der Waals surface area contributed by atoms with E-state index in [9.17, 15) is 24.3 Å². The lowest BCUT2D eigenvalue weighted by molar-refractivity contribution is -0.150. The Kier molecular flexibility index (Phi) is 4.00. The van der Waals surface area contributed by atoms with Crippen LogP contribution in [-0.2, 0) is 14.4 Å². The number of anilines is 1. The highest BCUT2D eigenvalue weighted by molar-refractivity contribution is 6.46. The van der Waals surface area contributed by atoms with E-state index in [1.54, 1.807) is 24.3 Å². The fraction of sp³-hybridized carbons (Fsp3) is 0.0667. The number of hydrogen-bond acceptors (Lipinski definition) is 6. The summed E-state index contributed by atoms with van der Waals surface area (Å²) in [5.74, 6) is -3.31. The van der Waals surface area contributed by atoms with E-state index in [2.05, 4.69) is 5.32 Å². The van der Waals surface area contributed by atoms with Crippen LogP contribution < -0.4 is 5.32 Å². The Morgan fingerprint density at radius 3 is 2.00 bits per heavy atom. The van der Waals surface area contributed by atoms with Gasteiger partial charge in [0, 0.05) is 11.3 Å². The molecule has 0 bridgehead atoms. The van der Waals surface area contributed by atoms with Crippen molar-refractivity contribution >= 4 is 29.0 Å². The minimum absolute atomic E-state index is 0.192. The van der Waals surface area contributed by atoms with Crippen molar-refractivity contribution in [1.82, 2.24) is 0 Å². The number of rotatable bonds is 1. The van der Waals surface area contributed by atoms with Crippen LogP contribution in [0, 0.1) is 0 Å². The molecule has 1 heterocycles. The number of carboxylic acids is 1.